The highest BCUT2D eigenvalue weighted by molar-refractivity contribution is 6.23. The number of carbonyl (C=O) groups excluding carboxylic acids is 3. The van der Waals surface area contributed by atoms with Crippen molar-refractivity contribution in [3.63, 3.8) is 0 Å². The molecular formula is C25H27NO4. The number of Topliss-reactive ketones (excluding diaryl/α,β-unsaturated/α-hetero) is 1. The van der Waals surface area contributed by atoms with E-state index < -0.39 is 17.3 Å². The second-order valence-corrected chi connectivity index (χ2v) is 10.3. The number of benzene rings is 1. The maximum atomic E-state index is 13.7. The Labute approximate surface area is 176 Å². The fourth-order valence-electron chi connectivity index (χ4n) is 8.45. The lowest BCUT2D eigenvalue weighted by atomic mass is 9.54. The number of nitrogens with zero attached hydrogens (tertiary/aromatic N) is 1. The molecule has 0 unspecified atom stereocenters. The van der Waals surface area contributed by atoms with Gasteiger partial charge in [-0.2, -0.15) is 0 Å². The van der Waals surface area contributed by atoms with Gasteiger partial charge in [0.15, 0.2) is 0 Å². The Bertz CT molecular complexity index is 1030. The van der Waals surface area contributed by atoms with Crippen molar-refractivity contribution in [3.8, 4) is 0 Å². The van der Waals surface area contributed by atoms with Crippen molar-refractivity contribution in [2.75, 3.05) is 12.0 Å². The summed E-state index contributed by atoms with van der Waals surface area (Å²) in [5, 5.41) is 0. The summed E-state index contributed by atoms with van der Waals surface area (Å²) in [4.78, 5) is 42.0. The van der Waals surface area contributed by atoms with Gasteiger partial charge in [-0.15, -0.1) is 0 Å². The average Bonchev–Trinajstić information content (AvgIpc) is 3.13. The van der Waals surface area contributed by atoms with E-state index >= 15 is 0 Å². The highest BCUT2D eigenvalue weighted by Gasteiger charge is 2.92. The van der Waals surface area contributed by atoms with Crippen LogP contribution in [0.25, 0.3) is 0 Å². The largest absolute Gasteiger partial charge is 0.501 e. The maximum absolute atomic E-state index is 13.7. The van der Waals surface area contributed by atoms with Crippen LogP contribution in [0.1, 0.15) is 27.2 Å². The summed E-state index contributed by atoms with van der Waals surface area (Å²) in [6.45, 7) is 6.47. The Hall–Kier alpha value is -2.43. The van der Waals surface area contributed by atoms with Crippen LogP contribution in [-0.4, -0.2) is 24.7 Å². The van der Waals surface area contributed by atoms with Gasteiger partial charge in [0.25, 0.3) is 0 Å². The number of ether oxygens (including phenoxy) is 1. The van der Waals surface area contributed by atoms with Crippen LogP contribution in [0.5, 0.6) is 0 Å². The van der Waals surface area contributed by atoms with Crippen molar-refractivity contribution in [1.82, 2.24) is 0 Å². The molecule has 0 aromatic heterocycles. The van der Waals surface area contributed by atoms with E-state index in [1.807, 2.05) is 30.3 Å². The first-order chi connectivity index (χ1) is 14.3. The van der Waals surface area contributed by atoms with Crippen LogP contribution in [-0.2, 0) is 19.1 Å². The number of imide groups is 1. The van der Waals surface area contributed by atoms with Gasteiger partial charge >= 0.3 is 0 Å². The minimum atomic E-state index is -0.448. The summed E-state index contributed by atoms with van der Waals surface area (Å²) in [6.07, 6.45) is 2.70. The molecule has 8 atom stereocenters. The van der Waals surface area contributed by atoms with Gasteiger partial charge in [0.05, 0.1) is 30.4 Å². The molecule has 156 valence electrons. The molecule has 1 aliphatic heterocycles. The predicted octanol–water partition coefficient (Wildman–Crippen LogP) is 3.45. The third kappa shape index (κ3) is 1.66. The van der Waals surface area contributed by atoms with E-state index in [-0.39, 0.29) is 40.9 Å². The summed E-state index contributed by atoms with van der Waals surface area (Å²) in [7, 11) is 1.65. The highest BCUT2D eigenvalue weighted by Crippen LogP contribution is 2.90. The van der Waals surface area contributed by atoms with E-state index in [0.29, 0.717) is 23.8 Å². The van der Waals surface area contributed by atoms with E-state index in [0.717, 1.165) is 5.76 Å². The molecule has 4 fully saturated rings. The minimum Gasteiger partial charge on any atom is -0.501 e. The first-order valence-corrected chi connectivity index (χ1v) is 11.0. The van der Waals surface area contributed by atoms with Crippen LogP contribution < -0.4 is 4.90 Å². The molecule has 6 aliphatic rings. The zero-order chi connectivity index (χ0) is 21.2. The van der Waals surface area contributed by atoms with Crippen molar-refractivity contribution in [1.29, 1.82) is 0 Å². The molecule has 5 nitrogen and oxygen atoms in total. The molecule has 1 aromatic carbocycles. The number of rotatable bonds is 3. The number of carbonyl (C=O) groups is 3. The van der Waals surface area contributed by atoms with Gasteiger partial charge in [-0.25, -0.2) is 0 Å². The summed E-state index contributed by atoms with van der Waals surface area (Å²) in [5.74, 6) is 0.433. The average molecular weight is 405 g/mol. The van der Waals surface area contributed by atoms with Gasteiger partial charge in [0, 0.05) is 17.8 Å². The van der Waals surface area contributed by atoms with Crippen molar-refractivity contribution in [2.45, 2.75) is 27.2 Å². The number of ketones is 1. The first-order valence-electron chi connectivity index (χ1n) is 11.0. The zero-order valence-corrected chi connectivity index (χ0v) is 17.8. The van der Waals surface area contributed by atoms with E-state index in [1.165, 1.54) is 4.90 Å². The Morgan fingerprint density at radius 3 is 2.33 bits per heavy atom. The molecular weight excluding hydrogens is 378 g/mol. The molecule has 3 saturated carbocycles. The van der Waals surface area contributed by atoms with Crippen molar-refractivity contribution in [2.24, 2.45) is 52.3 Å². The molecule has 1 spiro atoms. The van der Waals surface area contributed by atoms with Gasteiger partial charge in [-0.3, -0.25) is 19.3 Å². The van der Waals surface area contributed by atoms with Crippen molar-refractivity contribution >= 4 is 23.3 Å². The van der Waals surface area contributed by atoms with Crippen LogP contribution in [0.3, 0.4) is 0 Å². The van der Waals surface area contributed by atoms with Crippen LogP contribution >= 0.6 is 0 Å². The number of hydrogen-bond acceptors (Lipinski definition) is 4. The summed E-state index contributed by atoms with van der Waals surface area (Å²) < 4.78 is 5.76. The topological polar surface area (TPSA) is 63.7 Å². The van der Waals surface area contributed by atoms with Gasteiger partial charge < -0.3 is 4.74 Å². The normalized spacial score (nSPS) is 45.4. The molecule has 5 aliphatic carbocycles. The molecule has 7 rings (SSSR count). The van der Waals surface area contributed by atoms with E-state index in [1.54, 1.807) is 7.11 Å². The zero-order valence-electron chi connectivity index (χ0n) is 17.8. The number of anilines is 1. The molecule has 0 radical (unpaired) electrons. The standard InChI is InChI=1S/C25H27NO4/c1-12(2)14-11-17(27)24(3)21-19-16(30-4)10-15(25(14,21)24)18-20(19)23(29)26(22(18)28)13-8-6-5-7-9-13/h5-10,12,14-15,18-21H,11H2,1-4H3/t14-,15-,18+,19+,20+,21-,24-,25-/m1/s1. The summed E-state index contributed by atoms with van der Waals surface area (Å²) >= 11 is 0. The quantitative estimate of drug-likeness (QED) is 0.723. The molecule has 1 saturated heterocycles. The second kappa shape index (κ2) is 5.43. The molecule has 5 heteroatoms. The number of hydrogen-bond donors (Lipinski definition) is 0. The predicted molar refractivity (Wildman–Crippen MR) is 110 cm³/mol. The Kier molecular flexibility index (Phi) is 3.32. The third-order valence-corrected chi connectivity index (χ3v) is 9.36. The molecule has 1 heterocycles. The second-order valence-electron chi connectivity index (χ2n) is 10.3. The lowest BCUT2D eigenvalue weighted by Crippen LogP contribution is -2.50. The summed E-state index contributed by atoms with van der Waals surface area (Å²) in [6, 6.07) is 9.22. The van der Waals surface area contributed by atoms with E-state index in [2.05, 4.69) is 26.8 Å². The monoisotopic (exact) mass is 405 g/mol. The third-order valence-electron chi connectivity index (χ3n) is 9.36. The lowest BCUT2D eigenvalue weighted by Gasteiger charge is -2.48. The number of amides is 2. The van der Waals surface area contributed by atoms with E-state index in [4.69, 9.17) is 4.74 Å². The SMILES string of the molecule is COC1=C[C@@H]2[C@@H]3C(=O)N(c4ccccc4)C(=O)[C@@H]3[C@H]1[C@H]1[C@@]23[C@@H](C(C)C)CC(=O)[C@]13C. The molecule has 30 heavy (non-hydrogen) atoms. The Morgan fingerprint density at radius 2 is 1.70 bits per heavy atom. The van der Waals surface area contributed by atoms with E-state index in [9.17, 15) is 14.4 Å². The molecule has 0 N–H and O–H groups in total. The van der Waals surface area contributed by atoms with Gasteiger partial charge in [0.2, 0.25) is 11.8 Å². The van der Waals surface area contributed by atoms with Gasteiger partial charge in [-0.1, -0.05) is 39.0 Å². The Morgan fingerprint density at radius 1 is 1.03 bits per heavy atom. The van der Waals surface area contributed by atoms with Crippen LogP contribution in [0.4, 0.5) is 5.69 Å². The fraction of sp³-hybridized carbons (Fsp3) is 0.560. The van der Waals surface area contributed by atoms with Crippen LogP contribution in [0, 0.1) is 52.3 Å². The number of para-hydroxylation sites is 1. The van der Waals surface area contributed by atoms with Crippen LogP contribution in [0.15, 0.2) is 42.2 Å². The molecule has 2 bridgehead atoms. The highest BCUT2D eigenvalue weighted by atomic mass is 16.5. The van der Waals surface area contributed by atoms with Gasteiger partial charge in [-0.05, 0) is 47.3 Å². The number of allylic oxidation sites excluding steroid dienone is 2. The van der Waals surface area contributed by atoms with Gasteiger partial charge in [0.1, 0.15) is 5.78 Å². The first kappa shape index (κ1) is 18.3. The fourth-order valence-corrected chi connectivity index (χ4v) is 8.45. The van der Waals surface area contributed by atoms with Crippen LogP contribution in [0.2, 0.25) is 0 Å². The molecule has 2 amide bonds. The lowest BCUT2D eigenvalue weighted by molar-refractivity contribution is -0.130. The maximum Gasteiger partial charge on any atom is 0.238 e. The molecule has 1 aromatic rings. The summed E-state index contributed by atoms with van der Waals surface area (Å²) in [5.41, 5.74) is -0.0252. The van der Waals surface area contributed by atoms with Crippen molar-refractivity contribution in [3.05, 3.63) is 42.2 Å². The minimum absolute atomic E-state index is 0.0947. The number of methoxy groups -OCH3 is 1. The smallest absolute Gasteiger partial charge is 0.238 e. The Balaban J connectivity index is 1.53. The van der Waals surface area contributed by atoms with Crippen molar-refractivity contribution < 1.29 is 19.1 Å².